The van der Waals surface area contributed by atoms with Gasteiger partial charge in [0.2, 0.25) is 5.82 Å². The first-order valence-corrected chi connectivity index (χ1v) is 8.07. The van der Waals surface area contributed by atoms with Crippen LogP contribution in [0.15, 0.2) is 6.07 Å². The van der Waals surface area contributed by atoms with Crippen LogP contribution >= 0.6 is 11.5 Å². The molecule has 23 heavy (non-hydrogen) atoms. The predicted molar refractivity (Wildman–Crippen MR) is 84.5 cm³/mol. The second kappa shape index (κ2) is 5.96. The maximum Gasteiger partial charge on any atom is 0.204 e. The monoisotopic (exact) mass is 340 g/mol. The molecule has 0 aliphatic heterocycles. The number of aromatic nitrogens is 2. The Morgan fingerprint density at radius 3 is 2.61 bits per heavy atom. The van der Waals surface area contributed by atoms with Gasteiger partial charge in [-0.3, -0.25) is 0 Å². The van der Waals surface area contributed by atoms with Gasteiger partial charge < -0.3 is 4.74 Å². The molecular formula is C16H15F3N2OS. The van der Waals surface area contributed by atoms with Crippen LogP contribution in [-0.2, 0) is 0 Å². The molecule has 0 saturated heterocycles. The predicted octanol–water partition coefficient (Wildman–Crippen LogP) is 5.00. The van der Waals surface area contributed by atoms with Gasteiger partial charge in [0.25, 0.3) is 0 Å². The van der Waals surface area contributed by atoms with E-state index in [-0.39, 0.29) is 23.4 Å². The van der Waals surface area contributed by atoms with E-state index in [1.807, 2.05) is 13.8 Å². The maximum absolute atomic E-state index is 14.6. The SMILES string of the molecule is CC[C@@H](C)COc1c(F)c(F)c2cc3c(C)nsc3nc2c1F. The number of fused-ring (bicyclic) bond motifs is 2. The summed E-state index contributed by atoms with van der Waals surface area (Å²) < 4.78 is 52.4. The highest BCUT2D eigenvalue weighted by Crippen LogP contribution is 2.35. The number of nitrogens with zero attached hydrogens (tertiary/aromatic N) is 2. The summed E-state index contributed by atoms with van der Waals surface area (Å²) in [6.07, 6.45) is 0.790. The topological polar surface area (TPSA) is 35.0 Å². The van der Waals surface area contributed by atoms with Crippen LogP contribution in [-0.4, -0.2) is 16.0 Å². The minimum absolute atomic E-state index is 0.104. The molecule has 0 aliphatic rings. The van der Waals surface area contributed by atoms with Crippen LogP contribution in [0.1, 0.15) is 26.0 Å². The molecule has 0 bridgehead atoms. The van der Waals surface area contributed by atoms with Gasteiger partial charge in [-0.15, -0.1) is 0 Å². The lowest BCUT2D eigenvalue weighted by molar-refractivity contribution is 0.233. The number of pyridine rings is 1. The number of aryl methyl sites for hydroxylation is 1. The number of rotatable bonds is 4. The first kappa shape index (κ1) is 16.0. The summed E-state index contributed by atoms with van der Waals surface area (Å²) in [6.45, 7) is 5.67. The summed E-state index contributed by atoms with van der Waals surface area (Å²) in [5, 5.41) is 0.389. The van der Waals surface area contributed by atoms with Crippen LogP contribution in [0, 0.1) is 30.3 Å². The highest BCUT2D eigenvalue weighted by molar-refractivity contribution is 7.13. The second-order valence-electron chi connectivity index (χ2n) is 5.60. The Kier molecular flexibility index (Phi) is 4.14. The van der Waals surface area contributed by atoms with Gasteiger partial charge in [0.15, 0.2) is 17.4 Å². The fourth-order valence-electron chi connectivity index (χ4n) is 2.21. The Balaban J connectivity index is 2.21. The molecule has 3 rings (SSSR count). The van der Waals surface area contributed by atoms with Gasteiger partial charge in [0.1, 0.15) is 10.3 Å². The summed E-state index contributed by atoms with van der Waals surface area (Å²) in [7, 11) is 0. The fraction of sp³-hybridized carbons (Fsp3) is 0.375. The molecule has 0 fully saturated rings. The van der Waals surface area contributed by atoms with E-state index in [1.54, 1.807) is 6.92 Å². The molecule has 2 aromatic heterocycles. The molecule has 0 N–H and O–H groups in total. The van der Waals surface area contributed by atoms with E-state index in [0.717, 1.165) is 18.0 Å². The zero-order valence-electron chi connectivity index (χ0n) is 12.9. The third-order valence-electron chi connectivity index (χ3n) is 3.89. The van der Waals surface area contributed by atoms with Crippen LogP contribution < -0.4 is 4.74 Å². The van der Waals surface area contributed by atoms with E-state index >= 15 is 0 Å². The maximum atomic E-state index is 14.6. The number of hydrogen-bond acceptors (Lipinski definition) is 4. The standard InChI is InChI=1S/C16H15F3N2OS/c1-4-7(2)6-22-15-12(18)11(17)10-5-9-8(3)21-23-16(9)20-14(10)13(15)19/h5,7H,4,6H2,1-3H3/t7-/m1/s1. The van der Waals surface area contributed by atoms with E-state index in [0.29, 0.717) is 15.9 Å². The summed E-state index contributed by atoms with van der Waals surface area (Å²) in [5.41, 5.74) is 0.413. The smallest absolute Gasteiger partial charge is 0.204 e. The number of benzene rings is 1. The average Bonchev–Trinajstić information content (AvgIpc) is 2.91. The van der Waals surface area contributed by atoms with Gasteiger partial charge in [-0.05, 0) is 30.4 Å². The van der Waals surface area contributed by atoms with Crippen LogP contribution in [0.3, 0.4) is 0 Å². The van der Waals surface area contributed by atoms with Crippen molar-refractivity contribution in [3.8, 4) is 5.75 Å². The molecule has 0 radical (unpaired) electrons. The molecule has 3 aromatic rings. The Hall–Kier alpha value is -1.89. The molecule has 0 unspecified atom stereocenters. The zero-order valence-corrected chi connectivity index (χ0v) is 13.7. The van der Waals surface area contributed by atoms with E-state index in [4.69, 9.17) is 4.74 Å². The lowest BCUT2D eigenvalue weighted by Gasteiger charge is -2.14. The minimum atomic E-state index is -1.32. The van der Waals surface area contributed by atoms with Crippen molar-refractivity contribution in [3.05, 3.63) is 29.2 Å². The summed E-state index contributed by atoms with van der Waals surface area (Å²) in [5.74, 6) is -4.05. The van der Waals surface area contributed by atoms with Gasteiger partial charge in [-0.2, -0.15) is 8.76 Å². The summed E-state index contributed by atoms with van der Waals surface area (Å²) >= 11 is 1.09. The Bertz CT molecular complexity index is 894. The quantitative estimate of drug-likeness (QED) is 0.627. The third-order valence-corrected chi connectivity index (χ3v) is 4.74. The van der Waals surface area contributed by atoms with Gasteiger partial charge in [0.05, 0.1) is 12.3 Å². The van der Waals surface area contributed by atoms with Crippen molar-refractivity contribution in [2.24, 2.45) is 5.92 Å². The molecule has 0 amide bonds. The molecule has 1 atom stereocenters. The van der Waals surface area contributed by atoms with Crippen molar-refractivity contribution in [2.75, 3.05) is 6.61 Å². The first-order chi connectivity index (χ1) is 10.9. The highest BCUT2D eigenvalue weighted by Gasteiger charge is 2.24. The van der Waals surface area contributed by atoms with E-state index in [2.05, 4.69) is 9.36 Å². The molecule has 0 spiro atoms. The fourth-order valence-corrected chi connectivity index (χ4v) is 2.97. The minimum Gasteiger partial charge on any atom is -0.487 e. The molecule has 1 aromatic carbocycles. The van der Waals surface area contributed by atoms with Crippen molar-refractivity contribution in [3.63, 3.8) is 0 Å². The van der Waals surface area contributed by atoms with Crippen molar-refractivity contribution in [2.45, 2.75) is 27.2 Å². The lowest BCUT2D eigenvalue weighted by Crippen LogP contribution is -2.10. The highest BCUT2D eigenvalue weighted by atomic mass is 32.1. The van der Waals surface area contributed by atoms with Crippen molar-refractivity contribution in [1.29, 1.82) is 0 Å². The second-order valence-corrected chi connectivity index (χ2v) is 6.35. The molecule has 0 aliphatic carbocycles. The lowest BCUT2D eigenvalue weighted by atomic mass is 10.1. The van der Waals surface area contributed by atoms with E-state index in [1.165, 1.54) is 6.07 Å². The van der Waals surface area contributed by atoms with Crippen LogP contribution in [0.25, 0.3) is 21.1 Å². The third kappa shape index (κ3) is 2.63. The molecule has 0 saturated carbocycles. The molecule has 7 heteroatoms. The van der Waals surface area contributed by atoms with Crippen molar-refractivity contribution >= 4 is 32.7 Å². The molecule has 122 valence electrons. The van der Waals surface area contributed by atoms with Gasteiger partial charge in [-0.1, -0.05) is 20.3 Å². The molecular weight excluding hydrogens is 325 g/mol. The normalized spacial score (nSPS) is 13.0. The summed E-state index contributed by atoms with van der Waals surface area (Å²) in [6, 6.07) is 1.39. The Morgan fingerprint density at radius 1 is 1.17 bits per heavy atom. The Labute approximate surface area is 135 Å². The van der Waals surface area contributed by atoms with Crippen LogP contribution in [0.2, 0.25) is 0 Å². The number of hydrogen-bond donors (Lipinski definition) is 0. The number of ether oxygens (including phenoxy) is 1. The van der Waals surface area contributed by atoms with Crippen LogP contribution in [0.5, 0.6) is 5.75 Å². The van der Waals surface area contributed by atoms with Gasteiger partial charge >= 0.3 is 0 Å². The van der Waals surface area contributed by atoms with Gasteiger partial charge in [-0.25, -0.2) is 13.8 Å². The van der Waals surface area contributed by atoms with Crippen LogP contribution in [0.4, 0.5) is 13.2 Å². The zero-order chi connectivity index (χ0) is 16.7. The Morgan fingerprint density at radius 2 is 1.91 bits per heavy atom. The van der Waals surface area contributed by atoms with Gasteiger partial charge in [0, 0.05) is 10.8 Å². The molecule has 3 nitrogen and oxygen atoms in total. The number of halogens is 3. The molecule has 2 heterocycles. The average molecular weight is 340 g/mol. The van der Waals surface area contributed by atoms with E-state index in [9.17, 15) is 13.2 Å². The summed E-state index contributed by atoms with van der Waals surface area (Å²) in [4.78, 5) is 4.58. The largest absolute Gasteiger partial charge is 0.487 e. The van der Waals surface area contributed by atoms with Crippen molar-refractivity contribution in [1.82, 2.24) is 9.36 Å². The van der Waals surface area contributed by atoms with E-state index < -0.39 is 23.2 Å². The first-order valence-electron chi connectivity index (χ1n) is 7.30. The van der Waals surface area contributed by atoms with Crippen molar-refractivity contribution < 1.29 is 17.9 Å².